The highest BCUT2D eigenvalue weighted by molar-refractivity contribution is 5.82. The number of aliphatic hydroxyl groups excluding tert-OH is 2. The summed E-state index contributed by atoms with van der Waals surface area (Å²) in [5.41, 5.74) is 1.20. The second-order valence-corrected chi connectivity index (χ2v) is 4.43. The first-order valence-electron chi connectivity index (χ1n) is 6.04. The van der Waals surface area contributed by atoms with Crippen LogP contribution in [0.4, 0.5) is 5.82 Å². The van der Waals surface area contributed by atoms with E-state index in [9.17, 15) is 5.11 Å². The minimum atomic E-state index is -0.692. The monoisotopic (exact) mass is 265 g/mol. The molecule has 3 N–H and O–H groups in total. The van der Waals surface area contributed by atoms with Gasteiger partial charge in [-0.25, -0.2) is 15.0 Å². The molecule has 2 aromatic heterocycles. The Morgan fingerprint density at radius 2 is 2.32 bits per heavy atom. The standard InChI is InChI=1S/C11H15N5O3/c1-12-9-8-10(14-4-13-9)16(5-15-8)11-7(18)2-6(3-17)19-11/h4-7,11,17-18H,2-3H2,1H3,(H,12,13,14). The number of rotatable bonds is 3. The third kappa shape index (κ3) is 1.93. The van der Waals surface area contributed by atoms with Crippen LogP contribution < -0.4 is 5.32 Å². The molecule has 0 bridgehead atoms. The van der Waals surface area contributed by atoms with E-state index >= 15 is 0 Å². The smallest absolute Gasteiger partial charge is 0.167 e. The molecule has 2 aromatic rings. The van der Waals surface area contributed by atoms with E-state index < -0.39 is 12.3 Å². The summed E-state index contributed by atoms with van der Waals surface area (Å²) in [4.78, 5) is 12.5. The van der Waals surface area contributed by atoms with Gasteiger partial charge in [-0.2, -0.15) is 0 Å². The predicted octanol–water partition coefficient (Wildman–Crippen LogP) is -0.491. The zero-order valence-electron chi connectivity index (χ0n) is 10.4. The van der Waals surface area contributed by atoms with Gasteiger partial charge < -0.3 is 20.3 Å². The number of ether oxygens (including phenoxy) is 1. The topological polar surface area (TPSA) is 105 Å². The number of imidazole rings is 1. The molecule has 3 heterocycles. The summed E-state index contributed by atoms with van der Waals surface area (Å²) in [6.07, 6.45) is 1.75. The van der Waals surface area contributed by atoms with Crippen LogP contribution in [0.25, 0.3) is 11.2 Å². The van der Waals surface area contributed by atoms with Crippen molar-refractivity contribution < 1.29 is 14.9 Å². The number of aromatic nitrogens is 4. The van der Waals surface area contributed by atoms with E-state index in [1.54, 1.807) is 17.9 Å². The molecule has 1 aliphatic rings. The highest BCUT2D eigenvalue weighted by atomic mass is 16.5. The summed E-state index contributed by atoms with van der Waals surface area (Å²) in [6, 6.07) is 0. The summed E-state index contributed by atoms with van der Waals surface area (Å²) in [5, 5.41) is 22.0. The van der Waals surface area contributed by atoms with Gasteiger partial charge in [-0.15, -0.1) is 0 Å². The average molecular weight is 265 g/mol. The molecule has 0 aromatic carbocycles. The third-order valence-electron chi connectivity index (χ3n) is 3.24. The van der Waals surface area contributed by atoms with Crippen LogP contribution >= 0.6 is 0 Å². The Morgan fingerprint density at radius 1 is 1.47 bits per heavy atom. The second-order valence-electron chi connectivity index (χ2n) is 4.43. The van der Waals surface area contributed by atoms with Crippen LogP contribution in [-0.4, -0.2) is 55.6 Å². The molecule has 0 aliphatic carbocycles. The van der Waals surface area contributed by atoms with Gasteiger partial charge in [-0.05, 0) is 0 Å². The van der Waals surface area contributed by atoms with Gasteiger partial charge in [0.2, 0.25) is 0 Å². The Kier molecular flexibility index (Phi) is 3.05. The number of nitrogens with zero attached hydrogens (tertiary/aromatic N) is 4. The van der Waals surface area contributed by atoms with Crippen LogP contribution in [-0.2, 0) is 4.74 Å². The molecule has 8 nitrogen and oxygen atoms in total. The highest BCUT2D eigenvalue weighted by Gasteiger charge is 2.35. The molecule has 102 valence electrons. The maximum Gasteiger partial charge on any atom is 0.167 e. The fourth-order valence-corrected chi connectivity index (χ4v) is 2.32. The van der Waals surface area contributed by atoms with E-state index in [1.807, 2.05) is 0 Å². The summed E-state index contributed by atoms with van der Waals surface area (Å²) < 4.78 is 7.26. The lowest BCUT2D eigenvalue weighted by Crippen LogP contribution is -2.19. The van der Waals surface area contributed by atoms with Crippen molar-refractivity contribution in [1.82, 2.24) is 19.5 Å². The fourth-order valence-electron chi connectivity index (χ4n) is 2.32. The average Bonchev–Trinajstić information content (AvgIpc) is 3.01. The molecule has 1 saturated heterocycles. The Bertz CT molecular complexity index is 587. The van der Waals surface area contributed by atoms with E-state index in [4.69, 9.17) is 9.84 Å². The largest absolute Gasteiger partial charge is 0.394 e. The lowest BCUT2D eigenvalue weighted by atomic mass is 10.2. The molecule has 0 amide bonds. The minimum absolute atomic E-state index is 0.114. The first-order chi connectivity index (χ1) is 9.24. The van der Waals surface area contributed by atoms with Crippen LogP contribution in [0.1, 0.15) is 12.6 Å². The second kappa shape index (κ2) is 4.72. The fraction of sp³-hybridized carbons (Fsp3) is 0.545. The zero-order chi connectivity index (χ0) is 13.4. The highest BCUT2D eigenvalue weighted by Crippen LogP contribution is 2.31. The molecule has 1 aliphatic heterocycles. The summed E-state index contributed by atoms with van der Waals surface area (Å²) in [7, 11) is 1.75. The van der Waals surface area contributed by atoms with E-state index in [0.717, 1.165) is 0 Å². The number of fused-ring (bicyclic) bond motifs is 1. The molecule has 0 spiro atoms. The van der Waals surface area contributed by atoms with Gasteiger partial charge in [0.05, 0.1) is 19.0 Å². The Morgan fingerprint density at radius 3 is 3.00 bits per heavy atom. The first-order valence-corrected chi connectivity index (χ1v) is 6.04. The molecule has 8 heteroatoms. The van der Waals surface area contributed by atoms with Crippen LogP contribution in [0.3, 0.4) is 0 Å². The molecule has 0 radical (unpaired) electrons. The molecule has 0 saturated carbocycles. The van der Waals surface area contributed by atoms with E-state index in [2.05, 4.69) is 20.3 Å². The third-order valence-corrected chi connectivity index (χ3v) is 3.24. The Labute approximate surface area is 109 Å². The predicted molar refractivity (Wildman–Crippen MR) is 66.5 cm³/mol. The van der Waals surface area contributed by atoms with Crippen molar-refractivity contribution in [3.63, 3.8) is 0 Å². The summed E-state index contributed by atoms with van der Waals surface area (Å²) >= 11 is 0. The van der Waals surface area contributed by atoms with Crippen molar-refractivity contribution in [2.24, 2.45) is 0 Å². The summed E-state index contributed by atoms with van der Waals surface area (Å²) in [6.45, 7) is -0.114. The number of hydrogen-bond donors (Lipinski definition) is 3. The molecule has 1 fully saturated rings. The van der Waals surface area contributed by atoms with Crippen LogP contribution in [0.2, 0.25) is 0 Å². The van der Waals surface area contributed by atoms with Crippen molar-refractivity contribution in [2.75, 3.05) is 19.0 Å². The number of hydrogen-bond acceptors (Lipinski definition) is 7. The molecule has 3 unspecified atom stereocenters. The van der Waals surface area contributed by atoms with Gasteiger partial charge >= 0.3 is 0 Å². The van der Waals surface area contributed by atoms with Crippen molar-refractivity contribution in [3.8, 4) is 0 Å². The van der Waals surface area contributed by atoms with Gasteiger partial charge in [-0.3, -0.25) is 4.57 Å². The van der Waals surface area contributed by atoms with Crippen molar-refractivity contribution in [3.05, 3.63) is 12.7 Å². The zero-order valence-corrected chi connectivity index (χ0v) is 10.4. The number of aliphatic hydroxyl groups is 2. The van der Waals surface area contributed by atoms with Gasteiger partial charge in [0.15, 0.2) is 17.7 Å². The van der Waals surface area contributed by atoms with Crippen LogP contribution in [0.15, 0.2) is 12.7 Å². The van der Waals surface area contributed by atoms with E-state index in [-0.39, 0.29) is 12.7 Å². The number of anilines is 1. The van der Waals surface area contributed by atoms with Crippen molar-refractivity contribution >= 4 is 17.0 Å². The maximum absolute atomic E-state index is 10.0. The Balaban J connectivity index is 2.02. The van der Waals surface area contributed by atoms with E-state index in [1.165, 1.54) is 6.33 Å². The van der Waals surface area contributed by atoms with Crippen molar-refractivity contribution in [2.45, 2.75) is 24.9 Å². The lowest BCUT2D eigenvalue weighted by Gasteiger charge is -2.16. The minimum Gasteiger partial charge on any atom is -0.394 e. The van der Waals surface area contributed by atoms with Crippen LogP contribution in [0, 0.1) is 0 Å². The Hall–Kier alpha value is -1.77. The van der Waals surface area contributed by atoms with Gasteiger partial charge in [-0.1, -0.05) is 0 Å². The van der Waals surface area contributed by atoms with Crippen LogP contribution in [0.5, 0.6) is 0 Å². The quantitative estimate of drug-likeness (QED) is 0.687. The molecule has 3 atom stereocenters. The van der Waals surface area contributed by atoms with Gasteiger partial charge in [0.1, 0.15) is 17.9 Å². The number of nitrogens with one attached hydrogen (secondary N) is 1. The molecular formula is C11H15N5O3. The maximum atomic E-state index is 10.0. The lowest BCUT2D eigenvalue weighted by molar-refractivity contribution is -0.0486. The summed E-state index contributed by atoms with van der Waals surface area (Å²) in [5.74, 6) is 0.620. The van der Waals surface area contributed by atoms with E-state index in [0.29, 0.717) is 23.4 Å². The SMILES string of the molecule is CNc1ncnc2c1ncn2C1OC(CO)CC1O. The molecule has 19 heavy (non-hydrogen) atoms. The molecule has 3 rings (SSSR count). The first kappa shape index (κ1) is 12.3. The normalized spacial score (nSPS) is 27.0. The van der Waals surface area contributed by atoms with Gasteiger partial charge in [0, 0.05) is 13.5 Å². The van der Waals surface area contributed by atoms with Crippen molar-refractivity contribution in [1.29, 1.82) is 0 Å². The molecular weight excluding hydrogens is 250 g/mol. The van der Waals surface area contributed by atoms with Gasteiger partial charge in [0.25, 0.3) is 0 Å².